The van der Waals surface area contributed by atoms with E-state index in [0.717, 1.165) is 38.4 Å². The summed E-state index contributed by atoms with van der Waals surface area (Å²) in [6.45, 7) is 3.60. The van der Waals surface area contributed by atoms with E-state index in [1.54, 1.807) is 14.2 Å². The molecule has 4 nitrogen and oxygen atoms in total. The zero-order valence-electron chi connectivity index (χ0n) is 12.5. The first-order chi connectivity index (χ1) is 9.21. The molecule has 0 heterocycles. The van der Waals surface area contributed by atoms with Gasteiger partial charge >= 0.3 is 0 Å². The fraction of sp³-hybridized carbons (Fsp3) is 0.600. The van der Waals surface area contributed by atoms with Gasteiger partial charge in [-0.3, -0.25) is 0 Å². The number of hydrogen-bond donors (Lipinski definition) is 1. The summed E-state index contributed by atoms with van der Waals surface area (Å²) in [7, 11) is 7.55. The van der Waals surface area contributed by atoms with Crippen LogP contribution in [0.25, 0.3) is 0 Å². The summed E-state index contributed by atoms with van der Waals surface area (Å²) < 4.78 is 10.5. The zero-order valence-corrected chi connectivity index (χ0v) is 12.5. The van der Waals surface area contributed by atoms with Crippen LogP contribution in [0, 0.1) is 0 Å². The minimum Gasteiger partial charge on any atom is -0.496 e. The SMILES string of the molecule is CNCc1ccc(OC)c(CN(C)CCCOC)c1. The molecule has 0 amide bonds. The molecule has 0 aliphatic rings. The summed E-state index contributed by atoms with van der Waals surface area (Å²) in [6, 6.07) is 6.36. The van der Waals surface area contributed by atoms with Crippen LogP contribution in [0.15, 0.2) is 18.2 Å². The van der Waals surface area contributed by atoms with E-state index in [1.165, 1.54) is 11.1 Å². The third-order valence-electron chi connectivity index (χ3n) is 3.05. The maximum atomic E-state index is 5.43. The van der Waals surface area contributed by atoms with Crippen LogP contribution in [-0.4, -0.2) is 46.4 Å². The summed E-state index contributed by atoms with van der Waals surface area (Å²) in [5.41, 5.74) is 2.51. The van der Waals surface area contributed by atoms with Crippen molar-refractivity contribution >= 4 is 0 Å². The molecule has 0 radical (unpaired) electrons. The lowest BCUT2D eigenvalue weighted by atomic mass is 10.1. The van der Waals surface area contributed by atoms with E-state index >= 15 is 0 Å². The molecule has 1 rings (SSSR count). The van der Waals surface area contributed by atoms with E-state index in [4.69, 9.17) is 9.47 Å². The average molecular weight is 266 g/mol. The predicted octanol–water partition coefficient (Wildman–Crippen LogP) is 1.88. The van der Waals surface area contributed by atoms with Crippen molar-refractivity contribution in [1.82, 2.24) is 10.2 Å². The first kappa shape index (κ1) is 16.0. The van der Waals surface area contributed by atoms with E-state index < -0.39 is 0 Å². The van der Waals surface area contributed by atoms with Gasteiger partial charge in [0.25, 0.3) is 0 Å². The number of nitrogens with one attached hydrogen (secondary N) is 1. The van der Waals surface area contributed by atoms with E-state index in [-0.39, 0.29) is 0 Å². The molecule has 0 fully saturated rings. The minimum atomic E-state index is 0.807. The first-order valence-corrected chi connectivity index (χ1v) is 6.69. The topological polar surface area (TPSA) is 33.7 Å². The average Bonchev–Trinajstić information content (AvgIpc) is 2.40. The van der Waals surface area contributed by atoms with Crippen molar-refractivity contribution in [2.75, 3.05) is 41.5 Å². The van der Waals surface area contributed by atoms with E-state index in [1.807, 2.05) is 13.1 Å². The van der Waals surface area contributed by atoms with Crippen molar-refractivity contribution in [2.24, 2.45) is 0 Å². The number of rotatable bonds is 9. The molecule has 0 aliphatic carbocycles. The van der Waals surface area contributed by atoms with E-state index in [2.05, 4.69) is 29.4 Å². The Balaban J connectivity index is 2.65. The van der Waals surface area contributed by atoms with Crippen LogP contribution >= 0.6 is 0 Å². The Morgan fingerprint density at radius 2 is 2.05 bits per heavy atom. The summed E-state index contributed by atoms with van der Waals surface area (Å²) in [4.78, 5) is 2.29. The second kappa shape index (κ2) is 8.91. The third kappa shape index (κ3) is 5.59. The highest BCUT2D eigenvalue weighted by Crippen LogP contribution is 2.21. The van der Waals surface area contributed by atoms with Gasteiger partial charge in [0.05, 0.1) is 7.11 Å². The molecule has 0 saturated heterocycles. The highest BCUT2D eigenvalue weighted by molar-refractivity contribution is 5.37. The predicted molar refractivity (Wildman–Crippen MR) is 78.6 cm³/mol. The van der Waals surface area contributed by atoms with Gasteiger partial charge in [0.2, 0.25) is 0 Å². The molecule has 19 heavy (non-hydrogen) atoms. The van der Waals surface area contributed by atoms with Gasteiger partial charge in [-0.15, -0.1) is 0 Å². The van der Waals surface area contributed by atoms with Crippen LogP contribution in [0.2, 0.25) is 0 Å². The van der Waals surface area contributed by atoms with Gasteiger partial charge in [0, 0.05) is 38.9 Å². The van der Waals surface area contributed by atoms with E-state index in [9.17, 15) is 0 Å². The van der Waals surface area contributed by atoms with Crippen molar-refractivity contribution in [3.63, 3.8) is 0 Å². The second-order valence-corrected chi connectivity index (χ2v) is 4.76. The molecule has 0 unspecified atom stereocenters. The Morgan fingerprint density at radius 3 is 2.68 bits per heavy atom. The number of ether oxygens (including phenoxy) is 2. The van der Waals surface area contributed by atoms with Gasteiger partial charge in [-0.2, -0.15) is 0 Å². The Morgan fingerprint density at radius 1 is 1.26 bits per heavy atom. The molecule has 1 aromatic carbocycles. The molecular weight excluding hydrogens is 240 g/mol. The summed E-state index contributed by atoms with van der Waals surface area (Å²) in [6.07, 6.45) is 1.05. The van der Waals surface area contributed by atoms with Gasteiger partial charge in [0.15, 0.2) is 0 Å². The standard InChI is InChI=1S/C15H26N2O2/c1-16-11-13-6-7-15(19-4)14(10-13)12-17(2)8-5-9-18-3/h6-7,10,16H,5,8-9,11-12H2,1-4H3. The number of nitrogens with zero attached hydrogens (tertiary/aromatic N) is 1. The van der Waals surface area contributed by atoms with Crippen LogP contribution in [0.1, 0.15) is 17.5 Å². The lowest BCUT2D eigenvalue weighted by Crippen LogP contribution is -2.20. The minimum absolute atomic E-state index is 0.807. The van der Waals surface area contributed by atoms with E-state index in [0.29, 0.717) is 0 Å². The van der Waals surface area contributed by atoms with Crippen LogP contribution in [0.3, 0.4) is 0 Å². The van der Waals surface area contributed by atoms with Gasteiger partial charge in [-0.1, -0.05) is 6.07 Å². The molecule has 108 valence electrons. The normalized spacial score (nSPS) is 11.0. The Bertz CT molecular complexity index is 369. The molecule has 1 N–H and O–H groups in total. The van der Waals surface area contributed by atoms with Crippen LogP contribution < -0.4 is 10.1 Å². The summed E-state index contributed by atoms with van der Waals surface area (Å²) >= 11 is 0. The highest BCUT2D eigenvalue weighted by Gasteiger charge is 2.07. The van der Waals surface area contributed by atoms with Gasteiger partial charge in [-0.25, -0.2) is 0 Å². The van der Waals surface area contributed by atoms with Crippen molar-refractivity contribution < 1.29 is 9.47 Å². The molecular formula is C15H26N2O2. The molecule has 0 atom stereocenters. The Hall–Kier alpha value is -1.10. The number of methoxy groups -OCH3 is 2. The largest absolute Gasteiger partial charge is 0.496 e. The fourth-order valence-electron chi connectivity index (χ4n) is 2.12. The van der Waals surface area contributed by atoms with Crippen molar-refractivity contribution in [2.45, 2.75) is 19.5 Å². The second-order valence-electron chi connectivity index (χ2n) is 4.76. The highest BCUT2D eigenvalue weighted by atomic mass is 16.5. The molecule has 0 saturated carbocycles. The zero-order chi connectivity index (χ0) is 14.1. The number of hydrogen-bond acceptors (Lipinski definition) is 4. The molecule has 4 heteroatoms. The fourth-order valence-corrected chi connectivity index (χ4v) is 2.12. The van der Waals surface area contributed by atoms with Crippen molar-refractivity contribution in [3.8, 4) is 5.75 Å². The monoisotopic (exact) mass is 266 g/mol. The molecule has 0 aliphatic heterocycles. The Kier molecular flexibility index (Phi) is 7.48. The maximum absolute atomic E-state index is 5.43. The van der Waals surface area contributed by atoms with Crippen molar-refractivity contribution in [3.05, 3.63) is 29.3 Å². The van der Waals surface area contributed by atoms with Gasteiger partial charge in [0.1, 0.15) is 5.75 Å². The molecule has 0 bridgehead atoms. The molecule has 0 aromatic heterocycles. The third-order valence-corrected chi connectivity index (χ3v) is 3.05. The smallest absolute Gasteiger partial charge is 0.123 e. The summed E-state index contributed by atoms with van der Waals surface area (Å²) in [5.74, 6) is 0.957. The van der Waals surface area contributed by atoms with Crippen LogP contribution in [0.4, 0.5) is 0 Å². The lowest BCUT2D eigenvalue weighted by Gasteiger charge is -2.19. The quantitative estimate of drug-likeness (QED) is 0.692. The summed E-state index contributed by atoms with van der Waals surface area (Å²) in [5, 5.41) is 3.17. The molecule has 0 spiro atoms. The molecule has 1 aromatic rings. The number of benzene rings is 1. The Labute approximate surface area is 116 Å². The van der Waals surface area contributed by atoms with Crippen LogP contribution in [0.5, 0.6) is 5.75 Å². The lowest BCUT2D eigenvalue weighted by molar-refractivity contribution is 0.178. The first-order valence-electron chi connectivity index (χ1n) is 6.69. The van der Waals surface area contributed by atoms with Crippen molar-refractivity contribution in [1.29, 1.82) is 0 Å². The maximum Gasteiger partial charge on any atom is 0.123 e. The van der Waals surface area contributed by atoms with Crippen LogP contribution in [-0.2, 0) is 17.8 Å². The van der Waals surface area contributed by atoms with Gasteiger partial charge in [-0.05, 0) is 38.2 Å². The van der Waals surface area contributed by atoms with Gasteiger partial charge < -0.3 is 19.7 Å².